The molecule has 1 aliphatic heterocycles. The third-order valence-corrected chi connectivity index (χ3v) is 2.43. The predicted molar refractivity (Wildman–Crippen MR) is 50.9 cm³/mol. The van der Waals surface area contributed by atoms with Crippen LogP contribution < -0.4 is 4.74 Å². The van der Waals surface area contributed by atoms with Crippen LogP contribution in [0.25, 0.3) is 0 Å². The molecule has 1 heterocycles. The van der Waals surface area contributed by atoms with Crippen LogP contribution in [0.1, 0.15) is 25.0 Å². The monoisotopic (exact) mass is 178 g/mol. The molecule has 0 N–H and O–H groups in total. The molecule has 70 valence electrons. The van der Waals surface area contributed by atoms with Crippen LogP contribution in [0.15, 0.2) is 24.3 Å². The highest BCUT2D eigenvalue weighted by atomic mass is 16.6. The molecule has 1 aromatic rings. The van der Waals surface area contributed by atoms with E-state index in [0.717, 1.165) is 12.2 Å². The zero-order chi connectivity index (χ0) is 9.26. The van der Waals surface area contributed by atoms with E-state index in [-0.39, 0.29) is 0 Å². The summed E-state index contributed by atoms with van der Waals surface area (Å²) < 4.78 is 10.6. The van der Waals surface area contributed by atoms with Crippen molar-refractivity contribution in [2.24, 2.45) is 0 Å². The molecule has 2 atom stereocenters. The molecular formula is C11H14O2. The van der Waals surface area contributed by atoms with Crippen LogP contribution in [-0.4, -0.2) is 13.2 Å². The van der Waals surface area contributed by atoms with Crippen LogP contribution in [0, 0.1) is 0 Å². The van der Waals surface area contributed by atoms with Gasteiger partial charge in [0.1, 0.15) is 11.9 Å². The molecule has 0 saturated carbocycles. The zero-order valence-electron chi connectivity index (χ0n) is 7.99. The zero-order valence-corrected chi connectivity index (χ0v) is 7.99. The second-order valence-electron chi connectivity index (χ2n) is 3.28. The minimum absolute atomic E-state index is 0.330. The highest BCUT2D eigenvalue weighted by Gasteiger charge is 2.38. The fraction of sp³-hybridized carbons (Fsp3) is 0.455. The summed E-state index contributed by atoms with van der Waals surface area (Å²) in [5, 5.41) is 0. The largest absolute Gasteiger partial charge is 0.497 e. The number of rotatable bonds is 3. The number of hydrogen-bond acceptors (Lipinski definition) is 2. The second kappa shape index (κ2) is 3.38. The second-order valence-corrected chi connectivity index (χ2v) is 3.28. The van der Waals surface area contributed by atoms with Crippen molar-refractivity contribution in [3.05, 3.63) is 29.8 Å². The van der Waals surface area contributed by atoms with Gasteiger partial charge in [0, 0.05) is 0 Å². The van der Waals surface area contributed by atoms with Gasteiger partial charge >= 0.3 is 0 Å². The molecule has 0 bridgehead atoms. The molecule has 0 spiro atoms. The van der Waals surface area contributed by atoms with Gasteiger partial charge in [-0.25, -0.2) is 0 Å². The maximum Gasteiger partial charge on any atom is 0.118 e. The molecular weight excluding hydrogens is 164 g/mol. The fourth-order valence-electron chi connectivity index (χ4n) is 1.54. The van der Waals surface area contributed by atoms with E-state index in [4.69, 9.17) is 9.47 Å². The molecule has 1 aliphatic rings. The molecule has 0 aromatic heterocycles. The number of methoxy groups -OCH3 is 1. The van der Waals surface area contributed by atoms with Crippen LogP contribution in [0.3, 0.4) is 0 Å². The van der Waals surface area contributed by atoms with Crippen molar-refractivity contribution in [2.45, 2.75) is 25.6 Å². The lowest BCUT2D eigenvalue weighted by Gasteiger charge is -1.99. The molecule has 1 aromatic carbocycles. The van der Waals surface area contributed by atoms with E-state index in [1.54, 1.807) is 7.11 Å². The Morgan fingerprint density at radius 1 is 1.31 bits per heavy atom. The van der Waals surface area contributed by atoms with Crippen molar-refractivity contribution in [1.82, 2.24) is 0 Å². The lowest BCUT2D eigenvalue weighted by atomic mass is 10.1. The summed E-state index contributed by atoms with van der Waals surface area (Å²) in [5.74, 6) is 0.900. The molecule has 2 nitrogen and oxygen atoms in total. The number of benzene rings is 1. The first-order valence-electron chi connectivity index (χ1n) is 4.64. The molecule has 2 heteroatoms. The molecule has 1 saturated heterocycles. The van der Waals surface area contributed by atoms with Crippen LogP contribution in [-0.2, 0) is 4.74 Å². The summed E-state index contributed by atoms with van der Waals surface area (Å²) in [7, 11) is 1.68. The average molecular weight is 178 g/mol. The topological polar surface area (TPSA) is 21.8 Å². The van der Waals surface area contributed by atoms with Gasteiger partial charge in [-0.15, -0.1) is 0 Å². The van der Waals surface area contributed by atoms with Crippen LogP contribution >= 0.6 is 0 Å². The molecule has 0 aliphatic carbocycles. The van der Waals surface area contributed by atoms with Gasteiger partial charge in [0.15, 0.2) is 0 Å². The van der Waals surface area contributed by atoms with Gasteiger partial charge < -0.3 is 9.47 Å². The third-order valence-electron chi connectivity index (χ3n) is 2.43. The first kappa shape index (κ1) is 8.57. The van der Waals surface area contributed by atoms with Crippen molar-refractivity contribution in [3.63, 3.8) is 0 Å². The molecule has 2 rings (SSSR count). The minimum Gasteiger partial charge on any atom is -0.497 e. The van der Waals surface area contributed by atoms with Gasteiger partial charge in [0.05, 0.1) is 13.2 Å². The van der Waals surface area contributed by atoms with E-state index in [2.05, 4.69) is 19.1 Å². The molecule has 0 radical (unpaired) electrons. The first-order chi connectivity index (χ1) is 6.35. The van der Waals surface area contributed by atoms with Crippen LogP contribution in [0.5, 0.6) is 5.75 Å². The summed E-state index contributed by atoms with van der Waals surface area (Å²) in [6, 6.07) is 8.09. The van der Waals surface area contributed by atoms with Crippen LogP contribution in [0.4, 0.5) is 0 Å². The Morgan fingerprint density at radius 3 is 2.46 bits per heavy atom. The van der Waals surface area contributed by atoms with Gasteiger partial charge in [-0.05, 0) is 24.1 Å². The lowest BCUT2D eigenvalue weighted by Crippen LogP contribution is -1.87. The van der Waals surface area contributed by atoms with E-state index >= 15 is 0 Å². The Morgan fingerprint density at radius 2 is 2.00 bits per heavy atom. The van der Waals surface area contributed by atoms with E-state index in [1.807, 2.05) is 12.1 Å². The normalized spacial score (nSPS) is 25.7. The summed E-state index contributed by atoms with van der Waals surface area (Å²) in [6.45, 7) is 2.15. The summed E-state index contributed by atoms with van der Waals surface area (Å²) in [4.78, 5) is 0. The maximum atomic E-state index is 5.48. The van der Waals surface area contributed by atoms with Crippen molar-refractivity contribution in [2.75, 3.05) is 7.11 Å². The Labute approximate surface area is 78.5 Å². The number of epoxide rings is 1. The number of hydrogen-bond donors (Lipinski definition) is 0. The Hall–Kier alpha value is -1.02. The van der Waals surface area contributed by atoms with Crippen LogP contribution in [0.2, 0.25) is 0 Å². The van der Waals surface area contributed by atoms with Gasteiger partial charge in [-0.2, -0.15) is 0 Å². The Kier molecular flexibility index (Phi) is 2.23. The molecule has 0 amide bonds. The first-order valence-corrected chi connectivity index (χ1v) is 4.64. The minimum atomic E-state index is 0.330. The van der Waals surface area contributed by atoms with Gasteiger partial charge in [-0.1, -0.05) is 19.1 Å². The van der Waals surface area contributed by atoms with E-state index in [9.17, 15) is 0 Å². The standard InChI is InChI=1S/C11H14O2/c1-3-10-11(13-10)8-4-6-9(12-2)7-5-8/h4-7,10-11H,3H2,1-2H3. The smallest absolute Gasteiger partial charge is 0.118 e. The maximum absolute atomic E-state index is 5.48. The van der Waals surface area contributed by atoms with Gasteiger partial charge in [0.2, 0.25) is 0 Å². The van der Waals surface area contributed by atoms with Gasteiger partial charge in [-0.3, -0.25) is 0 Å². The predicted octanol–water partition coefficient (Wildman–Crippen LogP) is 2.55. The summed E-state index contributed by atoms with van der Waals surface area (Å²) in [6.07, 6.45) is 1.86. The van der Waals surface area contributed by atoms with Crippen molar-refractivity contribution < 1.29 is 9.47 Å². The Bertz CT molecular complexity index is 279. The van der Waals surface area contributed by atoms with E-state index < -0.39 is 0 Å². The number of ether oxygens (including phenoxy) is 2. The Balaban J connectivity index is 2.07. The highest BCUT2D eigenvalue weighted by molar-refractivity contribution is 5.30. The summed E-state index contributed by atoms with van der Waals surface area (Å²) >= 11 is 0. The lowest BCUT2D eigenvalue weighted by molar-refractivity contribution is 0.370. The molecule has 1 fully saturated rings. The van der Waals surface area contributed by atoms with E-state index in [0.29, 0.717) is 12.2 Å². The van der Waals surface area contributed by atoms with Crippen molar-refractivity contribution in [3.8, 4) is 5.75 Å². The average Bonchev–Trinajstić information content (AvgIpc) is 2.97. The molecule has 2 unspecified atom stereocenters. The van der Waals surface area contributed by atoms with E-state index in [1.165, 1.54) is 5.56 Å². The molecule has 13 heavy (non-hydrogen) atoms. The third kappa shape index (κ3) is 1.68. The van der Waals surface area contributed by atoms with Crippen molar-refractivity contribution >= 4 is 0 Å². The van der Waals surface area contributed by atoms with Crippen molar-refractivity contribution in [1.29, 1.82) is 0 Å². The highest BCUT2D eigenvalue weighted by Crippen LogP contribution is 2.40. The quantitative estimate of drug-likeness (QED) is 0.663. The SMILES string of the molecule is CCC1OC1c1ccc(OC)cc1. The summed E-state index contributed by atoms with van der Waals surface area (Å²) in [5.41, 5.74) is 1.26. The fourth-order valence-corrected chi connectivity index (χ4v) is 1.54. The van der Waals surface area contributed by atoms with Gasteiger partial charge in [0.25, 0.3) is 0 Å².